The predicted octanol–water partition coefficient (Wildman–Crippen LogP) is 1.64. The Kier molecular flexibility index (Phi) is 7.20. The summed E-state index contributed by atoms with van der Waals surface area (Å²) in [5, 5.41) is 3.78. The van der Waals surface area contributed by atoms with Crippen LogP contribution in [0.15, 0.2) is 24.3 Å². The smallest absolute Gasteiger partial charge is 0.231 e. The monoisotopic (exact) mass is 355 g/mol. The highest BCUT2D eigenvalue weighted by Gasteiger charge is 2.21. The maximum Gasteiger partial charge on any atom is 0.231 e. The summed E-state index contributed by atoms with van der Waals surface area (Å²) >= 11 is 7.52. The number of nitrogens with two attached hydrogens (primary N) is 1. The number of halogens is 1. The number of amides is 2. The first-order chi connectivity index (χ1) is 11.0. The first-order valence-electron chi connectivity index (χ1n) is 7.65. The maximum absolute atomic E-state index is 12.0. The van der Waals surface area contributed by atoms with Gasteiger partial charge >= 0.3 is 0 Å². The van der Waals surface area contributed by atoms with Crippen LogP contribution in [-0.2, 0) is 15.3 Å². The molecule has 0 unspecified atom stereocenters. The number of hydrogen-bond acceptors (Lipinski definition) is 4. The number of piperidine rings is 1. The minimum atomic E-state index is -0.301. The second-order valence-electron chi connectivity index (χ2n) is 5.71. The quantitative estimate of drug-likeness (QED) is 0.779. The van der Waals surface area contributed by atoms with Gasteiger partial charge < -0.3 is 11.1 Å². The fraction of sp³-hybridized carbons (Fsp3) is 0.500. The van der Waals surface area contributed by atoms with Gasteiger partial charge in [-0.1, -0.05) is 23.7 Å². The van der Waals surface area contributed by atoms with Gasteiger partial charge in [0.05, 0.1) is 12.3 Å². The van der Waals surface area contributed by atoms with E-state index in [-0.39, 0.29) is 17.9 Å². The lowest BCUT2D eigenvalue weighted by atomic mass is 10.1. The lowest BCUT2D eigenvalue weighted by Crippen LogP contribution is -2.47. The number of carbonyl (C=O) groups excluding carboxylic acids is 2. The van der Waals surface area contributed by atoms with Gasteiger partial charge in [0.2, 0.25) is 11.8 Å². The zero-order chi connectivity index (χ0) is 16.7. The number of thioether (sulfide) groups is 1. The number of rotatable bonds is 7. The Balaban J connectivity index is 1.63. The molecule has 1 heterocycles. The van der Waals surface area contributed by atoms with Crippen LogP contribution in [0.1, 0.15) is 18.4 Å². The van der Waals surface area contributed by atoms with Crippen molar-refractivity contribution in [3.63, 3.8) is 0 Å². The summed E-state index contributed by atoms with van der Waals surface area (Å²) < 4.78 is 0. The standard InChI is InChI=1S/C16H22ClN3O2S/c17-13-3-1-2-12(8-13)10-23-11-16(22)19-14-4-6-20(7-5-14)9-15(18)21/h1-3,8,14H,4-7,9-11H2,(H2,18,21)(H,19,22). The molecule has 3 N–H and O–H groups in total. The van der Waals surface area contributed by atoms with Crippen molar-refractivity contribution < 1.29 is 9.59 Å². The molecule has 1 aromatic rings. The van der Waals surface area contributed by atoms with Gasteiger partial charge in [-0.3, -0.25) is 14.5 Å². The lowest BCUT2D eigenvalue weighted by molar-refractivity contribution is -0.121. The molecule has 0 atom stereocenters. The summed E-state index contributed by atoms with van der Waals surface area (Å²) in [5.74, 6) is 0.967. The van der Waals surface area contributed by atoms with E-state index in [2.05, 4.69) is 5.32 Å². The van der Waals surface area contributed by atoms with Gasteiger partial charge in [-0.2, -0.15) is 0 Å². The number of likely N-dealkylation sites (tertiary alicyclic amines) is 1. The van der Waals surface area contributed by atoms with Gasteiger partial charge in [0, 0.05) is 29.9 Å². The van der Waals surface area contributed by atoms with Crippen LogP contribution < -0.4 is 11.1 Å². The summed E-state index contributed by atoms with van der Waals surface area (Å²) in [7, 11) is 0. The molecule has 0 bridgehead atoms. The Morgan fingerprint density at radius 1 is 1.35 bits per heavy atom. The van der Waals surface area contributed by atoms with Crippen LogP contribution >= 0.6 is 23.4 Å². The van der Waals surface area contributed by atoms with E-state index in [4.69, 9.17) is 17.3 Å². The Morgan fingerprint density at radius 3 is 2.74 bits per heavy atom. The number of hydrogen-bond donors (Lipinski definition) is 2. The Morgan fingerprint density at radius 2 is 2.09 bits per heavy atom. The summed E-state index contributed by atoms with van der Waals surface area (Å²) in [6.45, 7) is 1.89. The van der Waals surface area contributed by atoms with Crippen LogP contribution in [0.2, 0.25) is 5.02 Å². The highest BCUT2D eigenvalue weighted by Crippen LogP contribution is 2.17. The molecule has 1 fully saturated rings. The molecule has 1 aliphatic heterocycles. The zero-order valence-corrected chi connectivity index (χ0v) is 14.5. The van der Waals surface area contributed by atoms with Gasteiger partial charge in [0.25, 0.3) is 0 Å². The van der Waals surface area contributed by atoms with Crippen molar-refractivity contribution in [2.45, 2.75) is 24.6 Å². The van der Waals surface area contributed by atoms with Crippen molar-refractivity contribution in [3.8, 4) is 0 Å². The second kappa shape index (κ2) is 9.15. The van der Waals surface area contributed by atoms with Crippen molar-refractivity contribution in [3.05, 3.63) is 34.9 Å². The molecule has 2 rings (SSSR count). The van der Waals surface area contributed by atoms with Crippen molar-refractivity contribution in [1.29, 1.82) is 0 Å². The molecule has 23 heavy (non-hydrogen) atoms. The van der Waals surface area contributed by atoms with Crippen LogP contribution in [0, 0.1) is 0 Å². The number of benzene rings is 1. The molecule has 7 heteroatoms. The van der Waals surface area contributed by atoms with Crippen LogP contribution in [0.3, 0.4) is 0 Å². The molecule has 0 aromatic heterocycles. The molecule has 5 nitrogen and oxygen atoms in total. The van der Waals surface area contributed by atoms with Gasteiger partial charge in [-0.15, -0.1) is 11.8 Å². The molecule has 0 saturated carbocycles. The average Bonchev–Trinajstić information content (AvgIpc) is 2.49. The highest BCUT2D eigenvalue weighted by atomic mass is 35.5. The Labute approximate surface area is 145 Å². The van der Waals surface area contributed by atoms with Gasteiger partial charge in [-0.05, 0) is 30.5 Å². The number of nitrogens with zero attached hydrogens (tertiary/aromatic N) is 1. The zero-order valence-electron chi connectivity index (χ0n) is 13.0. The fourth-order valence-electron chi connectivity index (χ4n) is 2.61. The third-order valence-corrected chi connectivity index (χ3v) is 4.96. The first-order valence-corrected chi connectivity index (χ1v) is 9.18. The predicted molar refractivity (Wildman–Crippen MR) is 94.4 cm³/mol. The number of nitrogens with one attached hydrogen (secondary N) is 1. The normalized spacial score (nSPS) is 16.2. The van der Waals surface area contributed by atoms with E-state index < -0.39 is 0 Å². The second-order valence-corrected chi connectivity index (χ2v) is 7.13. The largest absolute Gasteiger partial charge is 0.369 e. The van der Waals surface area contributed by atoms with Crippen LogP contribution in [0.25, 0.3) is 0 Å². The topological polar surface area (TPSA) is 75.4 Å². The van der Waals surface area contributed by atoms with Gasteiger partial charge in [-0.25, -0.2) is 0 Å². The van der Waals surface area contributed by atoms with Crippen molar-refractivity contribution in [2.24, 2.45) is 5.73 Å². The molecule has 1 aromatic carbocycles. The minimum Gasteiger partial charge on any atom is -0.369 e. The number of carbonyl (C=O) groups is 2. The van der Waals surface area contributed by atoms with E-state index >= 15 is 0 Å². The van der Waals surface area contributed by atoms with Crippen molar-refractivity contribution in [2.75, 3.05) is 25.4 Å². The molecule has 0 aliphatic carbocycles. The molecule has 0 spiro atoms. The summed E-state index contributed by atoms with van der Waals surface area (Å²) in [6, 6.07) is 7.87. The lowest BCUT2D eigenvalue weighted by Gasteiger charge is -2.31. The molecule has 126 valence electrons. The number of primary amides is 1. The Bertz CT molecular complexity index is 548. The molecular formula is C16H22ClN3O2S. The molecule has 1 aliphatic rings. The summed E-state index contributed by atoms with van der Waals surface area (Å²) in [6.07, 6.45) is 1.72. The highest BCUT2D eigenvalue weighted by molar-refractivity contribution is 7.99. The molecule has 0 radical (unpaired) electrons. The van der Waals surface area contributed by atoms with Crippen LogP contribution in [-0.4, -0.2) is 48.1 Å². The van der Waals surface area contributed by atoms with Gasteiger partial charge in [0.1, 0.15) is 0 Å². The van der Waals surface area contributed by atoms with E-state index in [0.29, 0.717) is 12.3 Å². The molecular weight excluding hydrogens is 334 g/mol. The van der Waals surface area contributed by atoms with Crippen molar-refractivity contribution in [1.82, 2.24) is 10.2 Å². The molecule has 1 saturated heterocycles. The summed E-state index contributed by atoms with van der Waals surface area (Å²) in [4.78, 5) is 24.9. The maximum atomic E-state index is 12.0. The van der Waals surface area contributed by atoms with Crippen LogP contribution in [0.5, 0.6) is 0 Å². The Hall–Kier alpha value is -1.24. The van der Waals surface area contributed by atoms with E-state index in [0.717, 1.165) is 42.3 Å². The van der Waals surface area contributed by atoms with E-state index in [1.54, 1.807) is 11.8 Å². The summed E-state index contributed by atoms with van der Waals surface area (Å²) in [5.41, 5.74) is 6.31. The van der Waals surface area contributed by atoms with Gasteiger partial charge in [0.15, 0.2) is 0 Å². The van der Waals surface area contributed by atoms with E-state index in [1.807, 2.05) is 29.2 Å². The van der Waals surface area contributed by atoms with Crippen LogP contribution in [0.4, 0.5) is 0 Å². The average molecular weight is 356 g/mol. The van der Waals surface area contributed by atoms with E-state index in [1.165, 1.54) is 0 Å². The first kappa shape index (κ1) is 18.1. The fourth-order valence-corrected chi connectivity index (χ4v) is 3.61. The van der Waals surface area contributed by atoms with E-state index in [9.17, 15) is 9.59 Å². The third-order valence-electron chi connectivity index (χ3n) is 3.72. The third kappa shape index (κ3) is 6.81. The SMILES string of the molecule is NC(=O)CN1CCC(NC(=O)CSCc2cccc(Cl)c2)CC1. The minimum absolute atomic E-state index is 0.0605. The van der Waals surface area contributed by atoms with Crippen molar-refractivity contribution >= 4 is 35.2 Å². The molecule has 2 amide bonds.